The number of aromatic nitrogens is 1. The molecule has 1 aliphatic heterocycles. The zero-order chi connectivity index (χ0) is 14.9. The first-order valence-corrected chi connectivity index (χ1v) is 7.04. The number of rotatable bonds is 3. The third kappa shape index (κ3) is 2.26. The standard InChI is InChI=1S/C17H14N2O3/c20-17(14-8-12-3-1-2-4-13(12)19-14)18-9-11-5-6-15-16(7-11)22-10-21-15/h1-8,19H,9-10H2,(H,18,20). The van der Waals surface area contributed by atoms with Crippen molar-refractivity contribution in [2.24, 2.45) is 0 Å². The van der Waals surface area contributed by atoms with Crippen molar-refractivity contribution in [1.29, 1.82) is 0 Å². The average Bonchev–Trinajstić information content (AvgIpc) is 3.18. The average molecular weight is 294 g/mol. The first-order valence-electron chi connectivity index (χ1n) is 7.04. The van der Waals surface area contributed by atoms with E-state index < -0.39 is 0 Å². The van der Waals surface area contributed by atoms with Crippen LogP contribution in [0, 0.1) is 0 Å². The number of fused-ring (bicyclic) bond motifs is 2. The van der Waals surface area contributed by atoms with Crippen LogP contribution in [-0.2, 0) is 6.54 Å². The first kappa shape index (κ1) is 12.8. The monoisotopic (exact) mass is 294 g/mol. The van der Waals surface area contributed by atoms with E-state index in [0.717, 1.165) is 28.0 Å². The van der Waals surface area contributed by atoms with Gasteiger partial charge in [0.2, 0.25) is 6.79 Å². The van der Waals surface area contributed by atoms with Gasteiger partial charge in [-0.15, -0.1) is 0 Å². The van der Waals surface area contributed by atoms with Crippen molar-refractivity contribution in [2.45, 2.75) is 6.54 Å². The predicted octanol–water partition coefficient (Wildman–Crippen LogP) is 2.83. The Hall–Kier alpha value is -2.95. The molecule has 5 nitrogen and oxygen atoms in total. The number of ether oxygens (including phenoxy) is 2. The summed E-state index contributed by atoms with van der Waals surface area (Å²) in [5.41, 5.74) is 2.48. The SMILES string of the molecule is O=C(NCc1ccc2c(c1)OCO2)c1cc2ccccc2[nH]1. The molecule has 0 bridgehead atoms. The van der Waals surface area contributed by atoms with E-state index in [2.05, 4.69) is 10.3 Å². The molecule has 2 N–H and O–H groups in total. The lowest BCUT2D eigenvalue weighted by molar-refractivity contribution is 0.0946. The quantitative estimate of drug-likeness (QED) is 0.780. The lowest BCUT2D eigenvalue weighted by Crippen LogP contribution is -2.23. The molecule has 1 aliphatic rings. The number of aromatic amines is 1. The van der Waals surface area contributed by atoms with E-state index in [1.165, 1.54) is 0 Å². The van der Waals surface area contributed by atoms with Crippen LogP contribution in [0.15, 0.2) is 48.5 Å². The smallest absolute Gasteiger partial charge is 0.267 e. The van der Waals surface area contributed by atoms with Crippen LogP contribution in [0.2, 0.25) is 0 Å². The van der Waals surface area contributed by atoms with Gasteiger partial charge in [0.1, 0.15) is 5.69 Å². The maximum atomic E-state index is 12.2. The second kappa shape index (κ2) is 5.11. The lowest BCUT2D eigenvalue weighted by Gasteiger charge is -2.05. The van der Waals surface area contributed by atoms with Crippen molar-refractivity contribution in [3.05, 3.63) is 59.8 Å². The van der Waals surface area contributed by atoms with Gasteiger partial charge in [-0.2, -0.15) is 0 Å². The maximum Gasteiger partial charge on any atom is 0.267 e. The van der Waals surface area contributed by atoms with Crippen molar-refractivity contribution in [1.82, 2.24) is 10.3 Å². The maximum absolute atomic E-state index is 12.2. The van der Waals surface area contributed by atoms with Gasteiger partial charge in [0.15, 0.2) is 11.5 Å². The molecule has 110 valence electrons. The van der Waals surface area contributed by atoms with E-state index in [9.17, 15) is 4.79 Å². The molecule has 0 spiro atoms. The van der Waals surface area contributed by atoms with Crippen molar-refractivity contribution in [3.8, 4) is 11.5 Å². The van der Waals surface area contributed by atoms with E-state index in [0.29, 0.717) is 12.2 Å². The van der Waals surface area contributed by atoms with Gasteiger partial charge in [-0.25, -0.2) is 0 Å². The minimum Gasteiger partial charge on any atom is -0.454 e. The fourth-order valence-electron chi connectivity index (χ4n) is 2.52. The summed E-state index contributed by atoms with van der Waals surface area (Å²) >= 11 is 0. The molecule has 4 rings (SSSR count). The minimum absolute atomic E-state index is 0.131. The summed E-state index contributed by atoms with van der Waals surface area (Å²) in [6.07, 6.45) is 0. The summed E-state index contributed by atoms with van der Waals surface area (Å²) in [6.45, 7) is 0.686. The lowest BCUT2D eigenvalue weighted by atomic mass is 10.2. The molecule has 3 aromatic rings. The van der Waals surface area contributed by atoms with Gasteiger partial charge in [0, 0.05) is 17.4 Å². The Labute approximate surface area is 126 Å². The molecule has 2 heterocycles. The Morgan fingerprint density at radius 3 is 2.86 bits per heavy atom. The van der Waals surface area contributed by atoms with Gasteiger partial charge < -0.3 is 19.8 Å². The minimum atomic E-state index is -0.131. The summed E-state index contributed by atoms with van der Waals surface area (Å²) in [4.78, 5) is 15.3. The second-order valence-electron chi connectivity index (χ2n) is 5.14. The molecular formula is C17H14N2O3. The second-order valence-corrected chi connectivity index (χ2v) is 5.14. The van der Waals surface area contributed by atoms with Crippen LogP contribution in [0.3, 0.4) is 0 Å². The molecule has 1 amide bonds. The normalized spacial score (nSPS) is 12.5. The molecule has 0 radical (unpaired) electrons. The van der Waals surface area contributed by atoms with Crippen LogP contribution in [0.1, 0.15) is 16.1 Å². The molecule has 0 unspecified atom stereocenters. The summed E-state index contributed by atoms with van der Waals surface area (Å²) < 4.78 is 10.6. The number of nitrogens with one attached hydrogen (secondary N) is 2. The van der Waals surface area contributed by atoms with Crippen LogP contribution in [-0.4, -0.2) is 17.7 Å². The number of carbonyl (C=O) groups is 1. The number of hydrogen-bond acceptors (Lipinski definition) is 3. The van der Waals surface area contributed by atoms with E-state index in [-0.39, 0.29) is 12.7 Å². The Bertz CT molecular complexity index is 821. The highest BCUT2D eigenvalue weighted by Crippen LogP contribution is 2.32. The number of carbonyl (C=O) groups excluding carboxylic acids is 1. The largest absolute Gasteiger partial charge is 0.454 e. The van der Waals surface area contributed by atoms with E-state index in [4.69, 9.17) is 9.47 Å². The summed E-state index contributed by atoms with van der Waals surface area (Å²) in [6, 6.07) is 15.3. The van der Waals surface area contributed by atoms with E-state index >= 15 is 0 Å². The van der Waals surface area contributed by atoms with Crippen LogP contribution in [0.25, 0.3) is 10.9 Å². The Kier molecular flexibility index (Phi) is 2.96. The molecule has 1 aromatic heterocycles. The van der Waals surface area contributed by atoms with Crippen molar-refractivity contribution >= 4 is 16.8 Å². The molecule has 22 heavy (non-hydrogen) atoms. The molecule has 2 aromatic carbocycles. The molecule has 5 heteroatoms. The van der Waals surface area contributed by atoms with Crippen molar-refractivity contribution in [3.63, 3.8) is 0 Å². The van der Waals surface area contributed by atoms with Crippen LogP contribution in [0.4, 0.5) is 0 Å². The van der Waals surface area contributed by atoms with Gasteiger partial charge in [0.05, 0.1) is 0 Å². The van der Waals surface area contributed by atoms with Gasteiger partial charge in [0.25, 0.3) is 5.91 Å². The Morgan fingerprint density at radius 1 is 1.09 bits per heavy atom. The van der Waals surface area contributed by atoms with Crippen LogP contribution in [0.5, 0.6) is 11.5 Å². The van der Waals surface area contributed by atoms with Crippen molar-refractivity contribution < 1.29 is 14.3 Å². The summed E-state index contributed by atoms with van der Waals surface area (Å²) in [5, 5.41) is 3.92. The first-order chi connectivity index (χ1) is 10.8. The van der Waals surface area contributed by atoms with Gasteiger partial charge in [-0.3, -0.25) is 4.79 Å². The highest BCUT2D eigenvalue weighted by Gasteiger charge is 2.14. The zero-order valence-corrected chi connectivity index (χ0v) is 11.8. The summed E-state index contributed by atoms with van der Waals surface area (Å²) in [7, 11) is 0. The van der Waals surface area contributed by atoms with Crippen molar-refractivity contribution in [2.75, 3.05) is 6.79 Å². The highest BCUT2D eigenvalue weighted by molar-refractivity contribution is 5.97. The molecule has 0 aliphatic carbocycles. The third-order valence-electron chi connectivity index (χ3n) is 3.66. The van der Waals surface area contributed by atoms with Crippen LogP contribution >= 0.6 is 0 Å². The van der Waals surface area contributed by atoms with E-state index in [1.54, 1.807) is 0 Å². The molecular weight excluding hydrogens is 280 g/mol. The predicted molar refractivity (Wildman–Crippen MR) is 82.0 cm³/mol. The van der Waals surface area contributed by atoms with Gasteiger partial charge in [-0.1, -0.05) is 24.3 Å². The Morgan fingerprint density at radius 2 is 1.95 bits per heavy atom. The molecule has 0 atom stereocenters. The Balaban J connectivity index is 1.48. The number of H-pyrrole nitrogens is 1. The molecule has 0 saturated heterocycles. The summed E-state index contributed by atoms with van der Waals surface area (Å²) in [5.74, 6) is 1.33. The fraction of sp³-hybridized carbons (Fsp3) is 0.118. The van der Waals surface area contributed by atoms with Crippen LogP contribution < -0.4 is 14.8 Å². The number of para-hydroxylation sites is 1. The highest BCUT2D eigenvalue weighted by atomic mass is 16.7. The number of benzene rings is 2. The van der Waals surface area contributed by atoms with Gasteiger partial charge in [-0.05, 0) is 29.8 Å². The van der Waals surface area contributed by atoms with E-state index in [1.807, 2.05) is 48.5 Å². The number of amides is 1. The third-order valence-corrected chi connectivity index (χ3v) is 3.66. The number of hydrogen-bond donors (Lipinski definition) is 2. The molecule has 0 fully saturated rings. The van der Waals surface area contributed by atoms with Gasteiger partial charge >= 0.3 is 0 Å². The fourth-order valence-corrected chi connectivity index (χ4v) is 2.52. The topological polar surface area (TPSA) is 63.4 Å². The zero-order valence-electron chi connectivity index (χ0n) is 11.8. The molecule has 0 saturated carbocycles.